The van der Waals surface area contributed by atoms with E-state index >= 15 is 0 Å². The lowest BCUT2D eigenvalue weighted by molar-refractivity contribution is -0.134. The second-order valence-corrected chi connectivity index (χ2v) is 5.89. The Balaban J connectivity index is 1.92. The van der Waals surface area contributed by atoms with E-state index in [1.807, 2.05) is 17.5 Å². The van der Waals surface area contributed by atoms with Crippen molar-refractivity contribution in [2.75, 3.05) is 18.4 Å². The number of nitrogens with zero attached hydrogens (tertiary/aromatic N) is 2. The van der Waals surface area contributed by atoms with Crippen molar-refractivity contribution in [1.82, 2.24) is 10.1 Å². The summed E-state index contributed by atoms with van der Waals surface area (Å²) in [5, 5.41) is 8.17. The zero-order valence-corrected chi connectivity index (χ0v) is 13.3. The van der Waals surface area contributed by atoms with Crippen molar-refractivity contribution in [3.05, 3.63) is 34.7 Å². The molecule has 2 aromatic heterocycles. The highest BCUT2D eigenvalue weighted by molar-refractivity contribution is 7.10. The van der Waals surface area contributed by atoms with E-state index in [0.717, 1.165) is 17.7 Å². The van der Waals surface area contributed by atoms with E-state index in [1.165, 1.54) is 6.26 Å². The third-order valence-electron chi connectivity index (χ3n) is 3.08. The second-order valence-electron chi connectivity index (χ2n) is 4.86. The minimum Gasteiger partial charge on any atom is -0.363 e. The molecule has 22 heavy (non-hydrogen) atoms. The lowest BCUT2D eigenvalue weighted by atomic mass is 10.2. The van der Waals surface area contributed by atoms with E-state index in [4.69, 9.17) is 0 Å². The summed E-state index contributed by atoms with van der Waals surface area (Å²) in [6.45, 7) is 2.65. The zero-order chi connectivity index (χ0) is 15.8. The molecule has 0 aromatic carbocycles. The van der Waals surface area contributed by atoms with Crippen molar-refractivity contribution < 1.29 is 14.1 Å². The Kier molecular flexibility index (Phi) is 6.14. The van der Waals surface area contributed by atoms with Crippen LogP contribution in [0.4, 0.5) is 5.82 Å². The van der Waals surface area contributed by atoms with Crippen LogP contribution in [0.3, 0.4) is 0 Å². The van der Waals surface area contributed by atoms with Crippen LogP contribution < -0.4 is 5.32 Å². The van der Waals surface area contributed by atoms with Gasteiger partial charge in [0.05, 0.1) is 13.0 Å². The number of aromatic nitrogens is 1. The second kappa shape index (κ2) is 8.33. The van der Waals surface area contributed by atoms with Gasteiger partial charge in [0.15, 0.2) is 5.82 Å². The van der Waals surface area contributed by atoms with Crippen molar-refractivity contribution >= 4 is 29.0 Å². The molecule has 2 rings (SSSR count). The van der Waals surface area contributed by atoms with Crippen LogP contribution in [-0.4, -0.2) is 35.0 Å². The molecule has 0 fully saturated rings. The lowest BCUT2D eigenvalue weighted by Gasteiger charge is -2.21. The van der Waals surface area contributed by atoms with Gasteiger partial charge in [0, 0.05) is 17.5 Å². The molecule has 118 valence electrons. The maximum atomic E-state index is 12.4. The van der Waals surface area contributed by atoms with Gasteiger partial charge in [-0.15, -0.1) is 11.3 Å². The molecular formula is C15H19N3O3S. The van der Waals surface area contributed by atoms with E-state index in [2.05, 4.69) is 21.9 Å². The van der Waals surface area contributed by atoms with Crippen molar-refractivity contribution in [2.45, 2.75) is 26.2 Å². The number of amides is 2. The third kappa shape index (κ3) is 5.00. The number of nitrogens with one attached hydrogen (secondary N) is 1. The van der Waals surface area contributed by atoms with Crippen molar-refractivity contribution in [1.29, 1.82) is 0 Å². The molecule has 0 spiro atoms. The first-order valence-electron chi connectivity index (χ1n) is 7.19. The molecule has 2 heterocycles. The average Bonchev–Trinajstić information content (AvgIpc) is 3.17. The van der Waals surface area contributed by atoms with E-state index < -0.39 is 0 Å². The summed E-state index contributed by atoms with van der Waals surface area (Å²) >= 11 is 1.54. The van der Waals surface area contributed by atoms with Crippen LogP contribution in [-0.2, 0) is 16.0 Å². The van der Waals surface area contributed by atoms with Gasteiger partial charge in [-0.2, -0.15) is 0 Å². The summed E-state index contributed by atoms with van der Waals surface area (Å²) in [5.41, 5.74) is 0. The molecule has 0 atom stereocenters. The number of rotatable bonds is 8. The fraction of sp³-hybridized carbons (Fsp3) is 0.400. The molecule has 0 aliphatic carbocycles. The summed E-state index contributed by atoms with van der Waals surface area (Å²) in [7, 11) is 0. The topological polar surface area (TPSA) is 75.4 Å². The monoisotopic (exact) mass is 321 g/mol. The van der Waals surface area contributed by atoms with Gasteiger partial charge in [0.25, 0.3) is 0 Å². The van der Waals surface area contributed by atoms with Crippen LogP contribution in [0.15, 0.2) is 34.4 Å². The van der Waals surface area contributed by atoms with E-state index in [0.29, 0.717) is 18.8 Å². The molecule has 7 heteroatoms. The molecule has 6 nitrogen and oxygen atoms in total. The number of carbonyl (C=O) groups is 2. The number of carbonyl (C=O) groups excluding carboxylic acids is 2. The van der Waals surface area contributed by atoms with Crippen LogP contribution >= 0.6 is 11.3 Å². The third-order valence-corrected chi connectivity index (χ3v) is 3.96. The fourth-order valence-corrected chi connectivity index (χ4v) is 2.64. The zero-order valence-electron chi connectivity index (χ0n) is 12.4. The van der Waals surface area contributed by atoms with Crippen molar-refractivity contribution in [3.63, 3.8) is 0 Å². The van der Waals surface area contributed by atoms with E-state index in [-0.39, 0.29) is 18.4 Å². The Bertz CT molecular complexity index is 581. The van der Waals surface area contributed by atoms with Gasteiger partial charge >= 0.3 is 0 Å². The highest BCUT2D eigenvalue weighted by Crippen LogP contribution is 2.11. The van der Waals surface area contributed by atoms with Crippen molar-refractivity contribution in [3.8, 4) is 0 Å². The Labute approximate surface area is 133 Å². The number of hydrogen-bond donors (Lipinski definition) is 1. The van der Waals surface area contributed by atoms with Crippen LogP contribution in [0.2, 0.25) is 0 Å². The maximum absolute atomic E-state index is 12.4. The number of unbranched alkanes of at least 4 members (excludes halogenated alkanes) is 1. The molecule has 2 amide bonds. The highest BCUT2D eigenvalue weighted by atomic mass is 32.1. The molecule has 0 radical (unpaired) electrons. The SMILES string of the molecule is CCCCN(CC(=O)Nc1ccon1)C(=O)Cc1cccs1. The van der Waals surface area contributed by atoms with Crippen LogP contribution in [0, 0.1) is 0 Å². The van der Waals surface area contributed by atoms with Gasteiger partial charge in [0.1, 0.15) is 6.26 Å². The number of anilines is 1. The van der Waals surface area contributed by atoms with Crippen LogP contribution in [0.25, 0.3) is 0 Å². The van der Waals surface area contributed by atoms with E-state index in [1.54, 1.807) is 22.3 Å². The summed E-state index contributed by atoms with van der Waals surface area (Å²) in [6.07, 6.45) is 3.55. The average molecular weight is 321 g/mol. The first kappa shape index (κ1) is 16.2. The first-order valence-corrected chi connectivity index (χ1v) is 8.07. The molecule has 0 aliphatic rings. The van der Waals surface area contributed by atoms with Gasteiger partial charge in [-0.05, 0) is 17.9 Å². The molecule has 0 saturated heterocycles. The predicted molar refractivity (Wildman–Crippen MR) is 84.6 cm³/mol. The standard InChI is InChI=1S/C15H19N3O3S/c1-2-3-7-18(15(20)10-12-5-4-9-22-12)11-14(19)16-13-6-8-21-17-13/h4-6,8-9H,2-3,7,10-11H2,1H3,(H,16,17,19). The Morgan fingerprint density at radius 2 is 2.27 bits per heavy atom. The van der Waals surface area contributed by atoms with Crippen LogP contribution in [0.5, 0.6) is 0 Å². The maximum Gasteiger partial charge on any atom is 0.245 e. The Morgan fingerprint density at radius 1 is 1.41 bits per heavy atom. The van der Waals surface area contributed by atoms with Gasteiger partial charge < -0.3 is 14.7 Å². The molecular weight excluding hydrogens is 302 g/mol. The fourth-order valence-electron chi connectivity index (χ4n) is 1.95. The van der Waals surface area contributed by atoms with Gasteiger partial charge in [0.2, 0.25) is 11.8 Å². The summed E-state index contributed by atoms with van der Waals surface area (Å²) < 4.78 is 4.66. The predicted octanol–water partition coefficient (Wildman–Crippen LogP) is 2.55. The normalized spacial score (nSPS) is 10.4. The molecule has 0 saturated carbocycles. The van der Waals surface area contributed by atoms with Gasteiger partial charge in [-0.25, -0.2) is 0 Å². The minimum absolute atomic E-state index is 0.0249. The van der Waals surface area contributed by atoms with Crippen LogP contribution in [0.1, 0.15) is 24.6 Å². The molecule has 2 aromatic rings. The summed E-state index contributed by atoms with van der Waals surface area (Å²) in [6, 6.07) is 5.40. The largest absolute Gasteiger partial charge is 0.363 e. The van der Waals surface area contributed by atoms with Crippen molar-refractivity contribution in [2.24, 2.45) is 0 Å². The highest BCUT2D eigenvalue weighted by Gasteiger charge is 2.18. The summed E-state index contributed by atoms with van der Waals surface area (Å²) in [5.74, 6) is 0.0434. The molecule has 1 N–H and O–H groups in total. The number of hydrogen-bond acceptors (Lipinski definition) is 5. The van der Waals surface area contributed by atoms with E-state index in [9.17, 15) is 9.59 Å². The quantitative estimate of drug-likeness (QED) is 0.811. The van der Waals surface area contributed by atoms with Gasteiger partial charge in [-0.3, -0.25) is 9.59 Å². The van der Waals surface area contributed by atoms with Gasteiger partial charge in [-0.1, -0.05) is 24.6 Å². The Hall–Kier alpha value is -2.15. The summed E-state index contributed by atoms with van der Waals surface area (Å²) in [4.78, 5) is 27.0. The first-order chi connectivity index (χ1) is 10.7. The minimum atomic E-state index is -0.274. The number of thiophene rings is 1. The molecule has 0 aliphatic heterocycles. The Morgan fingerprint density at radius 3 is 2.91 bits per heavy atom. The lowest BCUT2D eigenvalue weighted by Crippen LogP contribution is -2.39. The molecule has 0 unspecified atom stereocenters. The molecule has 0 bridgehead atoms. The smallest absolute Gasteiger partial charge is 0.245 e.